The van der Waals surface area contributed by atoms with Crippen molar-refractivity contribution in [1.29, 1.82) is 0 Å². The summed E-state index contributed by atoms with van der Waals surface area (Å²) in [6.45, 7) is 7.56. The first-order chi connectivity index (χ1) is 15.9. The Morgan fingerprint density at radius 2 is 1.76 bits per heavy atom. The molecule has 8 heteroatoms. The molecule has 1 aliphatic rings. The Morgan fingerprint density at radius 1 is 1.03 bits per heavy atom. The molecular formula is C25H26N6O2. The number of hydrogen-bond donors (Lipinski definition) is 1. The average Bonchev–Trinajstić information content (AvgIpc) is 3.17. The summed E-state index contributed by atoms with van der Waals surface area (Å²) in [5.41, 5.74) is 5.75. The number of pyridine rings is 1. The fraction of sp³-hybridized carbons (Fsp3) is 0.320. The van der Waals surface area contributed by atoms with Gasteiger partial charge in [-0.25, -0.2) is 19.7 Å². The van der Waals surface area contributed by atoms with Gasteiger partial charge < -0.3 is 4.90 Å². The number of aryl methyl sites for hydroxylation is 2. The lowest BCUT2D eigenvalue weighted by Crippen LogP contribution is -2.37. The first kappa shape index (κ1) is 21.1. The van der Waals surface area contributed by atoms with E-state index in [9.17, 15) is 9.59 Å². The minimum atomic E-state index is -0.124. The number of carbonyl (C=O) groups excluding carboxylic acids is 1. The van der Waals surface area contributed by atoms with E-state index in [4.69, 9.17) is 0 Å². The number of aromatic amines is 1. The van der Waals surface area contributed by atoms with Gasteiger partial charge in [0.15, 0.2) is 5.65 Å². The zero-order valence-corrected chi connectivity index (χ0v) is 19.0. The highest BCUT2D eigenvalue weighted by molar-refractivity contribution is 6.08. The van der Waals surface area contributed by atoms with Gasteiger partial charge >= 0.3 is 5.69 Å². The lowest BCUT2D eigenvalue weighted by atomic mass is 9.97. The number of carbonyl (C=O) groups is 1. The Bertz CT molecular complexity index is 1390. The van der Waals surface area contributed by atoms with Gasteiger partial charge in [-0.1, -0.05) is 0 Å². The fourth-order valence-electron chi connectivity index (χ4n) is 4.63. The van der Waals surface area contributed by atoms with Crippen LogP contribution in [-0.4, -0.2) is 43.4 Å². The molecule has 1 fully saturated rings. The van der Waals surface area contributed by atoms with E-state index in [0.29, 0.717) is 16.9 Å². The third kappa shape index (κ3) is 3.82. The predicted molar refractivity (Wildman–Crippen MR) is 127 cm³/mol. The summed E-state index contributed by atoms with van der Waals surface area (Å²) in [5, 5.41) is 0. The number of nitrogens with one attached hydrogen (secondary N) is 1. The Kier molecular flexibility index (Phi) is 5.28. The van der Waals surface area contributed by atoms with Gasteiger partial charge in [-0.2, -0.15) is 0 Å². The van der Waals surface area contributed by atoms with Crippen LogP contribution in [-0.2, 0) is 0 Å². The molecule has 0 saturated carbocycles. The zero-order chi connectivity index (χ0) is 23.1. The molecule has 0 radical (unpaired) electrons. The van der Waals surface area contributed by atoms with Crippen molar-refractivity contribution in [1.82, 2.24) is 24.5 Å². The van der Waals surface area contributed by atoms with E-state index in [-0.39, 0.29) is 17.5 Å². The molecule has 0 spiro atoms. The van der Waals surface area contributed by atoms with Crippen LogP contribution < -0.4 is 10.6 Å². The molecule has 1 N–H and O–H groups in total. The molecule has 5 rings (SSSR count). The summed E-state index contributed by atoms with van der Waals surface area (Å²) in [7, 11) is 0. The first-order valence-electron chi connectivity index (χ1n) is 11.2. The van der Waals surface area contributed by atoms with Crippen LogP contribution in [0.25, 0.3) is 11.2 Å². The van der Waals surface area contributed by atoms with Crippen LogP contribution >= 0.6 is 0 Å². The van der Waals surface area contributed by atoms with Crippen molar-refractivity contribution in [2.75, 3.05) is 18.0 Å². The summed E-state index contributed by atoms with van der Waals surface area (Å²) in [5.74, 6) is 0.637. The van der Waals surface area contributed by atoms with Gasteiger partial charge in [0, 0.05) is 37.0 Å². The molecule has 1 aliphatic heterocycles. The lowest BCUT2D eigenvalue weighted by molar-refractivity contribution is 0.103. The van der Waals surface area contributed by atoms with E-state index in [1.807, 2.05) is 42.7 Å². The van der Waals surface area contributed by atoms with Gasteiger partial charge in [0.1, 0.15) is 17.8 Å². The third-order valence-corrected chi connectivity index (χ3v) is 6.72. The molecule has 168 valence electrons. The Hall–Kier alpha value is -3.81. The number of H-pyrrole nitrogens is 1. The smallest absolute Gasteiger partial charge is 0.327 e. The quantitative estimate of drug-likeness (QED) is 0.486. The highest BCUT2D eigenvalue weighted by Gasteiger charge is 2.25. The molecule has 4 aromatic rings. The fourth-order valence-corrected chi connectivity index (χ4v) is 4.63. The van der Waals surface area contributed by atoms with Crippen LogP contribution in [0.15, 0.2) is 47.7 Å². The van der Waals surface area contributed by atoms with Crippen molar-refractivity contribution in [3.05, 3.63) is 81.3 Å². The minimum absolute atomic E-state index is 0.0909. The van der Waals surface area contributed by atoms with Crippen LogP contribution in [0.4, 0.5) is 5.82 Å². The molecule has 8 nitrogen and oxygen atoms in total. The number of ketones is 1. The number of piperidine rings is 1. The van der Waals surface area contributed by atoms with Crippen molar-refractivity contribution >= 4 is 22.8 Å². The van der Waals surface area contributed by atoms with E-state index >= 15 is 0 Å². The van der Waals surface area contributed by atoms with Crippen molar-refractivity contribution in [3.63, 3.8) is 0 Å². The number of nitrogens with zero attached hydrogens (tertiary/aromatic N) is 5. The molecule has 0 aliphatic carbocycles. The molecule has 4 heterocycles. The van der Waals surface area contributed by atoms with Gasteiger partial charge in [-0.05, 0) is 74.6 Å². The van der Waals surface area contributed by atoms with E-state index in [2.05, 4.69) is 31.8 Å². The van der Waals surface area contributed by atoms with Crippen LogP contribution in [0, 0.1) is 20.8 Å². The molecule has 0 unspecified atom stereocenters. The largest absolute Gasteiger partial charge is 0.356 e. The maximum Gasteiger partial charge on any atom is 0.327 e. The summed E-state index contributed by atoms with van der Waals surface area (Å²) in [6, 6.07) is 9.47. The van der Waals surface area contributed by atoms with Crippen molar-refractivity contribution in [2.24, 2.45) is 0 Å². The zero-order valence-electron chi connectivity index (χ0n) is 19.0. The molecule has 33 heavy (non-hydrogen) atoms. The lowest BCUT2D eigenvalue weighted by Gasteiger charge is -2.33. The maximum atomic E-state index is 13.1. The Balaban J connectivity index is 1.35. The van der Waals surface area contributed by atoms with Crippen molar-refractivity contribution in [2.45, 2.75) is 39.7 Å². The van der Waals surface area contributed by atoms with Crippen LogP contribution in [0.3, 0.4) is 0 Å². The van der Waals surface area contributed by atoms with E-state index in [1.54, 1.807) is 12.3 Å². The average molecular weight is 443 g/mol. The van der Waals surface area contributed by atoms with E-state index in [0.717, 1.165) is 48.4 Å². The highest BCUT2D eigenvalue weighted by atomic mass is 16.1. The molecule has 1 aromatic carbocycles. The van der Waals surface area contributed by atoms with Crippen LogP contribution in [0.2, 0.25) is 0 Å². The van der Waals surface area contributed by atoms with Crippen LogP contribution in [0.1, 0.15) is 51.6 Å². The maximum absolute atomic E-state index is 13.1. The summed E-state index contributed by atoms with van der Waals surface area (Å²) < 4.78 is 1.82. The number of fused-ring (bicyclic) bond motifs is 1. The van der Waals surface area contributed by atoms with Gasteiger partial charge in [-0.15, -0.1) is 0 Å². The predicted octanol–water partition coefficient (Wildman–Crippen LogP) is 3.51. The number of rotatable bonds is 4. The minimum Gasteiger partial charge on any atom is -0.356 e. The number of imidazole rings is 1. The highest BCUT2D eigenvalue weighted by Crippen LogP contribution is 2.27. The monoisotopic (exact) mass is 442 g/mol. The number of anilines is 1. The second-order valence-electron chi connectivity index (χ2n) is 8.72. The van der Waals surface area contributed by atoms with E-state index in [1.165, 1.54) is 11.9 Å². The Morgan fingerprint density at radius 3 is 2.48 bits per heavy atom. The topological polar surface area (TPSA) is 96.8 Å². The second-order valence-corrected chi connectivity index (χ2v) is 8.72. The summed E-state index contributed by atoms with van der Waals surface area (Å²) >= 11 is 0. The number of hydrogen-bond acceptors (Lipinski definition) is 6. The standard InChI is InChI=1S/C25H26N6O2/c1-15-11-18(12-16(2)17(15)3)23(32)20-13-22(28-14-27-20)30-9-6-19(7-10-30)31-21-5-4-8-26-24(21)29-25(31)33/h4-5,8,11-14,19H,6-7,9-10H2,1-3H3,(H,26,29,33). The van der Waals surface area contributed by atoms with Crippen LogP contribution in [0.5, 0.6) is 0 Å². The van der Waals surface area contributed by atoms with Gasteiger partial charge in [0.2, 0.25) is 5.78 Å². The van der Waals surface area contributed by atoms with E-state index < -0.39 is 0 Å². The van der Waals surface area contributed by atoms with Crippen molar-refractivity contribution < 1.29 is 4.79 Å². The molecule has 0 atom stereocenters. The molecule has 3 aromatic heterocycles. The Labute approximate surface area is 191 Å². The second kappa shape index (κ2) is 8.27. The third-order valence-electron chi connectivity index (χ3n) is 6.72. The number of benzene rings is 1. The van der Waals surface area contributed by atoms with Crippen molar-refractivity contribution in [3.8, 4) is 0 Å². The molecule has 0 bridgehead atoms. The summed E-state index contributed by atoms with van der Waals surface area (Å²) in [6.07, 6.45) is 4.73. The van der Waals surface area contributed by atoms with Gasteiger partial charge in [-0.3, -0.25) is 14.3 Å². The SMILES string of the molecule is Cc1cc(C(=O)c2cc(N3CCC(n4c(=O)[nH]c5ncccc54)CC3)ncn2)cc(C)c1C. The van der Waals surface area contributed by atoms with Gasteiger partial charge in [0.25, 0.3) is 0 Å². The molecule has 1 saturated heterocycles. The first-order valence-corrected chi connectivity index (χ1v) is 11.2. The normalized spacial score (nSPS) is 14.7. The molecular weight excluding hydrogens is 416 g/mol. The number of aromatic nitrogens is 5. The molecule has 0 amide bonds. The summed E-state index contributed by atoms with van der Waals surface area (Å²) in [4.78, 5) is 43.5. The van der Waals surface area contributed by atoms with Gasteiger partial charge in [0.05, 0.1) is 5.52 Å².